The Morgan fingerprint density at radius 2 is 2.10 bits per heavy atom. The summed E-state index contributed by atoms with van der Waals surface area (Å²) >= 11 is 0. The molecule has 1 aromatic rings. The van der Waals surface area contributed by atoms with E-state index in [9.17, 15) is 9.59 Å². The Hall–Kier alpha value is -1.66. The SMILES string of the molecule is CN(CC(=O)NC(=O)c1ccco1)C1CCC(N)CC1. The monoisotopic (exact) mass is 279 g/mol. The molecule has 6 nitrogen and oxygen atoms in total. The summed E-state index contributed by atoms with van der Waals surface area (Å²) < 4.78 is 4.94. The molecule has 1 aliphatic rings. The van der Waals surface area contributed by atoms with Crippen LogP contribution >= 0.6 is 0 Å². The lowest BCUT2D eigenvalue weighted by atomic mass is 9.91. The number of likely N-dealkylation sites (N-methyl/N-ethyl adjacent to an activating group) is 1. The number of rotatable bonds is 4. The van der Waals surface area contributed by atoms with Crippen molar-refractivity contribution in [1.82, 2.24) is 10.2 Å². The van der Waals surface area contributed by atoms with E-state index in [1.54, 1.807) is 6.07 Å². The largest absolute Gasteiger partial charge is 0.459 e. The summed E-state index contributed by atoms with van der Waals surface area (Å²) in [6.07, 6.45) is 5.37. The van der Waals surface area contributed by atoms with Gasteiger partial charge < -0.3 is 10.2 Å². The molecule has 0 spiro atoms. The molecule has 1 aromatic heterocycles. The molecule has 0 aromatic carbocycles. The van der Waals surface area contributed by atoms with Crippen LogP contribution in [0, 0.1) is 0 Å². The molecule has 0 unspecified atom stereocenters. The predicted octanol–water partition coefficient (Wildman–Crippen LogP) is 0.738. The van der Waals surface area contributed by atoms with Crippen LogP contribution < -0.4 is 11.1 Å². The molecular weight excluding hydrogens is 258 g/mol. The van der Waals surface area contributed by atoms with Crippen LogP contribution in [0.2, 0.25) is 0 Å². The molecule has 3 N–H and O–H groups in total. The smallest absolute Gasteiger partial charge is 0.293 e. The molecule has 1 heterocycles. The van der Waals surface area contributed by atoms with Crippen molar-refractivity contribution in [3.8, 4) is 0 Å². The van der Waals surface area contributed by atoms with Gasteiger partial charge in [-0.3, -0.25) is 19.8 Å². The molecule has 1 fully saturated rings. The van der Waals surface area contributed by atoms with Crippen molar-refractivity contribution in [1.29, 1.82) is 0 Å². The minimum absolute atomic E-state index is 0.143. The van der Waals surface area contributed by atoms with Gasteiger partial charge in [0.05, 0.1) is 12.8 Å². The van der Waals surface area contributed by atoms with Gasteiger partial charge in [-0.1, -0.05) is 0 Å². The Kier molecular flexibility index (Phi) is 4.92. The first-order chi connectivity index (χ1) is 9.56. The highest BCUT2D eigenvalue weighted by molar-refractivity contribution is 6.03. The molecule has 110 valence electrons. The van der Waals surface area contributed by atoms with Crippen LogP contribution in [-0.2, 0) is 4.79 Å². The first kappa shape index (κ1) is 14.7. The quantitative estimate of drug-likeness (QED) is 0.848. The Labute approximate surface area is 118 Å². The van der Waals surface area contributed by atoms with E-state index >= 15 is 0 Å². The third kappa shape index (κ3) is 3.91. The molecule has 0 aliphatic heterocycles. The summed E-state index contributed by atoms with van der Waals surface area (Å²) in [7, 11) is 1.90. The number of imide groups is 1. The normalized spacial score (nSPS) is 22.8. The standard InChI is InChI=1S/C14H21N3O3/c1-17(11-6-4-10(15)5-7-11)9-13(18)16-14(19)12-3-2-8-20-12/h2-3,8,10-11H,4-7,9,15H2,1H3,(H,16,18,19). The summed E-state index contributed by atoms with van der Waals surface area (Å²) in [5.74, 6) is -0.674. The van der Waals surface area contributed by atoms with Crippen LogP contribution in [0.5, 0.6) is 0 Å². The molecule has 6 heteroatoms. The second-order valence-electron chi connectivity index (χ2n) is 5.34. The zero-order chi connectivity index (χ0) is 14.5. The van der Waals surface area contributed by atoms with E-state index in [4.69, 9.17) is 10.2 Å². The van der Waals surface area contributed by atoms with Crippen molar-refractivity contribution in [2.45, 2.75) is 37.8 Å². The van der Waals surface area contributed by atoms with E-state index in [1.807, 2.05) is 11.9 Å². The van der Waals surface area contributed by atoms with E-state index in [2.05, 4.69) is 5.32 Å². The van der Waals surface area contributed by atoms with Crippen molar-refractivity contribution in [3.63, 3.8) is 0 Å². The number of hydrogen-bond acceptors (Lipinski definition) is 5. The van der Waals surface area contributed by atoms with Crippen LogP contribution in [0.3, 0.4) is 0 Å². The molecule has 0 saturated heterocycles. The highest BCUT2D eigenvalue weighted by atomic mass is 16.3. The zero-order valence-electron chi connectivity index (χ0n) is 11.7. The summed E-state index contributed by atoms with van der Waals surface area (Å²) in [5.41, 5.74) is 5.87. The first-order valence-corrected chi connectivity index (χ1v) is 6.89. The van der Waals surface area contributed by atoms with Gasteiger partial charge in [-0.05, 0) is 44.9 Å². The van der Waals surface area contributed by atoms with Gasteiger partial charge in [-0.2, -0.15) is 0 Å². The van der Waals surface area contributed by atoms with Gasteiger partial charge in [-0.25, -0.2) is 0 Å². The maximum absolute atomic E-state index is 11.8. The first-order valence-electron chi connectivity index (χ1n) is 6.89. The van der Waals surface area contributed by atoms with Crippen molar-refractivity contribution in [2.24, 2.45) is 5.73 Å². The Morgan fingerprint density at radius 3 is 2.70 bits per heavy atom. The Bertz CT molecular complexity index is 450. The fraction of sp³-hybridized carbons (Fsp3) is 0.571. The summed E-state index contributed by atoms with van der Waals surface area (Å²) in [6.45, 7) is 0.201. The average Bonchev–Trinajstić information content (AvgIpc) is 2.93. The number of carbonyl (C=O) groups is 2. The summed E-state index contributed by atoms with van der Waals surface area (Å²) in [6, 6.07) is 3.78. The molecule has 1 aliphatic carbocycles. The van der Waals surface area contributed by atoms with Crippen LogP contribution in [0.4, 0.5) is 0 Å². The molecular formula is C14H21N3O3. The van der Waals surface area contributed by atoms with Gasteiger partial charge in [0.2, 0.25) is 5.91 Å². The number of nitrogens with zero attached hydrogens (tertiary/aromatic N) is 1. The molecule has 0 bridgehead atoms. The maximum Gasteiger partial charge on any atom is 0.293 e. The van der Waals surface area contributed by atoms with Gasteiger partial charge in [0.1, 0.15) is 0 Å². The van der Waals surface area contributed by atoms with E-state index in [0.717, 1.165) is 25.7 Å². The van der Waals surface area contributed by atoms with Gasteiger partial charge >= 0.3 is 0 Å². The molecule has 1 saturated carbocycles. The minimum Gasteiger partial charge on any atom is -0.459 e. The van der Waals surface area contributed by atoms with Crippen molar-refractivity contribution >= 4 is 11.8 Å². The Morgan fingerprint density at radius 1 is 1.40 bits per heavy atom. The van der Waals surface area contributed by atoms with Crippen molar-refractivity contribution < 1.29 is 14.0 Å². The molecule has 20 heavy (non-hydrogen) atoms. The summed E-state index contributed by atoms with van der Waals surface area (Å²) in [4.78, 5) is 25.5. The third-order valence-corrected chi connectivity index (χ3v) is 3.76. The van der Waals surface area contributed by atoms with E-state index < -0.39 is 5.91 Å². The number of nitrogens with one attached hydrogen (secondary N) is 1. The lowest BCUT2D eigenvalue weighted by molar-refractivity contribution is -0.121. The molecule has 0 atom stereocenters. The number of hydrogen-bond donors (Lipinski definition) is 2. The molecule has 0 radical (unpaired) electrons. The average molecular weight is 279 g/mol. The van der Waals surface area contributed by atoms with Crippen LogP contribution in [0.25, 0.3) is 0 Å². The highest BCUT2D eigenvalue weighted by Gasteiger charge is 2.23. The minimum atomic E-state index is -0.501. The van der Waals surface area contributed by atoms with Crippen LogP contribution in [0.1, 0.15) is 36.2 Å². The number of carbonyl (C=O) groups excluding carboxylic acids is 2. The second-order valence-corrected chi connectivity index (χ2v) is 5.34. The van der Waals surface area contributed by atoms with E-state index in [0.29, 0.717) is 6.04 Å². The number of furan rings is 1. The van der Waals surface area contributed by atoms with Crippen LogP contribution in [0.15, 0.2) is 22.8 Å². The maximum atomic E-state index is 11.8. The number of nitrogens with two attached hydrogens (primary N) is 1. The number of amides is 2. The topological polar surface area (TPSA) is 88.6 Å². The Balaban J connectivity index is 1.78. The fourth-order valence-electron chi connectivity index (χ4n) is 2.53. The summed E-state index contributed by atoms with van der Waals surface area (Å²) in [5, 5.41) is 2.32. The second kappa shape index (κ2) is 6.67. The third-order valence-electron chi connectivity index (χ3n) is 3.76. The van der Waals surface area contributed by atoms with E-state index in [-0.39, 0.29) is 24.3 Å². The van der Waals surface area contributed by atoms with Gasteiger partial charge in [0.25, 0.3) is 5.91 Å². The molecule has 2 amide bonds. The lowest BCUT2D eigenvalue weighted by Gasteiger charge is -2.32. The van der Waals surface area contributed by atoms with Crippen molar-refractivity contribution in [2.75, 3.05) is 13.6 Å². The van der Waals surface area contributed by atoms with Gasteiger partial charge in [0, 0.05) is 12.1 Å². The predicted molar refractivity (Wildman–Crippen MR) is 74.0 cm³/mol. The fourth-order valence-corrected chi connectivity index (χ4v) is 2.53. The molecule has 2 rings (SSSR count). The van der Waals surface area contributed by atoms with Crippen LogP contribution in [-0.4, -0.2) is 42.4 Å². The highest BCUT2D eigenvalue weighted by Crippen LogP contribution is 2.20. The van der Waals surface area contributed by atoms with Crippen molar-refractivity contribution in [3.05, 3.63) is 24.2 Å². The van der Waals surface area contributed by atoms with E-state index in [1.165, 1.54) is 12.3 Å². The van der Waals surface area contributed by atoms with Gasteiger partial charge in [0.15, 0.2) is 5.76 Å². The zero-order valence-corrected chi connectivity index (χ0v) is 11.7. The van der Waals surface area contributed by atoms with Gasteiger partial charge in [-0.15, -0.1) is 0 Å². The lowest BCUT2D eigenvalue weighted by Crippen LogP contribution is -2.44.